The highest BCUT2D eigenvalue weighted by atomic mass is 16.4. The van der Waals surface area contributed by atoms with Crippen molar-refractivity contribution in [1.82, 2.24) is 5.32 Å². The molecule has 1 saturated heterocycles. The van der Waals surface area contributed by atoms with Crippen molar-refractivity contribution in [2.24, 2.45) is 5.92 Å². The van der Waals surface area contributed by atoms with Gasteiger partial charge in [0, 0.05) is 0 Å². The van der Waals surface area contributed by atoms with Crippen molar-refractivity contribution < 1.29 is 9.90 Å². The maximum atomic E-state index is 11.5. The van der Waals surface area contributed by atoms with E-state index >= 15 is 0 Å². The van der Waals surface area contributed by atoms with Gasteiger partial charge < -0.3 is 5.11 Å². The Balaban J connectivity index is 2.25. The minimum atomic E-state index is -0.865. The molecule has 1 atom stereocenters. The maximum Gasteiger partial charge on any atom is 0.328 e. The van der Waals surface area contributed by atoms with Crippen molar-refractivity contribution in [3.63, 3.8) is 0 Å². The van der Waals surface area contributed by atoms with Crippen LogP contribution in [0.3, 0.4) is 0 Å². The van der Waals surface area contributed by atoms with E-state index in [0.29, 0.717) is 12.3 Å². The molecule has 0 saturated carbocycles. The number of aliphatic carboxylic acids is 1. The Bertz CT molecular complexity index is 417. The number of carboxylic acid groups (broad SMARTS) is 1. The van der Waals surface area contributed by atoms with Crippen molar-refractivity contribution in [1.29, 1.82) is 0 Å². The molecule has 3 heteroatoms. The largest absolute Gasteiger partial charge is 0.480 e. The molecule has 2 rings (SSSR count). The number of carboxylic acids is 1. The fourth-order valence-corrected chi connectivity index (χ4v) is 2.69. The fraction of sp³-hybridized carbons (Fsp3) is 0.533. The van der Waals surface area contributed by atoms with Gasteiger partial charge in [-0.2, -0.15) is 0 Å². The second-order valence-electron chi connectivity index (χ2n) is 5.54. The maximum absolute atomic E-state index is 11.5. The van der Waals surface area contributed by atoms with E-state index in [1.807, 2.05) is 12.1 Å². The van der Waals surface area contributed by atoms with Crippen LogP contribution >= 0.6 is 0 Å². The summed E-state index contributed by atoms with van der Waals surface area (Å²) in [6, 6.07) is 8.04. The summed E-state index contributed by atoms with van der Waals surface area (Å²) in [4.78, 5) is 11.5. The van der Waals surface area contributed by atoms with Gasteiger partial charge in [0.25, 0.3) is 0 Å². The van der Waals surface area contributed by atoms with Gasteiger partial charge in [-0.1, -0.05) is 38.1 Å². The second kappa shape index (κ2) is 5.11. The fourth-order valence-electron chi connectivity index (χ4n) is 2.69. The van der Waals surface area contributed by atoms with E-state index in [-0.39, 0.29) is 0 Å². The van der Waals surface area contributed by atoms with E-state index in [1.165, 1.54) is 5.56 Å². The highest BCUT2D eigenvalue weighted by molar-refractivity contribution is 5.81. The molecule has 0 radical (unpaired) electrons. The Morgan fingerprint density at radius 1 is 1.39 bits per heavy atom. The first-order chi connectivity index (χ1) is 8.54. The zero-order valence-electron chi connectivity index (χ0n) is 11.1. The Morgan fingerprint density at radius 3 is 2.50 bits per heavy atom. The van der Waals surface area contributed by atoms with Gasteiger partial charge in [-0.05, 0) is 42.9 Å². The summed E-state index contributed by atoms with van der Waals surface area (Å²) in [5.74, 6) is -0.148. The number of carbonyl (C=O) groups is 1. The minimum Gasteiger partial charge on any atom is -0.480 e. The van der Waals surface area contributed by atoms with E-state index in [4.69, 9.17) is 0 Å². The Kier molecular flexibility index (Phi) is 3.71. The van der Waals surface area contributed by atoms with E-state index in [1.54, 1.807) is 0 Å². The van der Waals surface area contributed by atoms with Gasteiger partial charge in [0.15, 0.2) is 0 Å². The summed E-state index contributed by atoms with van der Waals surface area (Å²) in [6.07, 6.45) is 2.62. The summed E-state index contributed by atoms with van der Waals surface area (Å²) in [6.45, 7) is 5.15. The first kappa shape index (κ1) is 13.1. The van der Waals surface area contributed by atoms with Gasteiger partial charge in [-0.15, -0.1) is 0 Å². The summed E-state index contributed by atoms with van der Waals surface area (Å²) < 4.78 is 0. The monoisotopic (exact) mass is 247 g/mol. The van der Waals surface area contributed by atoms with Gasteiger partial charge in [-0.25, -0.2) is 4.79 Å². The third-order valence-electron chi connectivity index (χ3n) is 3.61. The zero-order chi connectivity index (χ0) is 13.2. The lowest BCUT2D eigenvalue weighted by atomic mass is 9.87. The van der Waals surface area contributed by atoms with Crippen molar-refractivity contribution >= 4 is 5.97 Å². The third-order valence-corrected chi connectivity index (χ3v) is 3.61. The van der Waals surface area contributed by atoms with Crippen LogP contribution in [0.15, 0.2) is 24.3 Å². The summed E-state index contributed by atoms with van der Waals surface area (Å²) in [5, 5.41) is 12.6. The molecule has 18 heavy (non-hydrogen) atoms. The standard InChI is InChI=1S/C15H21NO2/c1-11(2)10-12-4-6-13(7-5-12)15(14(17)18)8-3-9-16-15/h4-7,11,16H,3,8-10H2,1-2H3,(H,17,18)/t15-/m0/s1. The Hall–Kier alpha value is -1.35. The predicted octanol–water partition coefficient (Wildman–Crippen LogP) is 2.55. The smallest absolute Gasteiger partial charge is 0.328 e. The quantitative estimate of drug-likeness (QED) is 0.859. The third kappa shape index (κ3) is 2.41. The van der Waals surface area contributed by atoms with Gasteiger partial charge in [0.2, 0.25) is 0 Å². The molecule has 0 bridgehead atoms. The van der Waals surface area contributed by atoms with Crippen LogP contribution in [0.25, 0.3) is 0 Å². The van der Waals surface area contributed by atoms with Crippen LogP contribution in [0, 0.1) is 5.92 Å². The number of hydrogen-bond acceptors (Lipinski definition) is 2. The number of nitrogens with one attached hydrogen (secondary N) is 1. The molecule has 1 heterocycles. The highest BCUT2D eigenvalue weighted by Crippen LogP contribution is 2.31. The number of rotatable bonds is 4. The van der Waals surface area contributed by atoms with E-state index < -0.39 is 11.5 Å². The van der Waals surface area contributed by atoms with E-state index in [9.17, 15) is 9.90 Å². The van der Waals surface area contributed by atoms with Crippen LogP contribution in [-0.2, 0) is 16.8 Å². The van der Waals surface area contributed by atoms with E-state index in [2.05, 4.69) is 31.3 Å². The van der Waals surface area contributed by atoms with Crippen LogP contribution in [0.4, 0.5) is 0 Å². The van der Waals surface area contributed by atoms with Crippen LogP contribution < -0.4 is 5.32 Å². The molecule has 1 aromatic carbocycles. The molecule has 1 aromatic rings. The first-order valence-corrected chi connectivity index (χ1v) is 6.62. The molecule has 1 aliphatic heterocycles. The topological polar surface area (TPSA) is 49.3 Å². The average Bonchev–Trinajstić information content (AvgIpc) is 2.79. The molecule has 3 nitrogen and oxygen atoms in total. The molecule has 1 aliphatic rings. The lowest BCUT2D eigenvalue weighted by Crippen LogP contribution is -2.44. The van der Waals surface area contributed by atoms with Gasteiger partial charge in [-0.3, -0.25) is 5.32 Å². The number of hydrogen-bond donors (Lipinski definition) is 2. The molecule has 1 fully saturated rings. The van der Waals surface area contributed by atoms with Crippen molar-refractivity contribution in [2.75, 3.05) is 6.54 Å². The molecule has 2 N–H and O–H groups in total. The van der Waals surface area contributed by atoms with Gasteiger partial charge in [0.05, 0.1) is 0 Å². The number of benzene rings is 1. The lowest BCUT2D eigenvalue weighted by Gasteiger charge is -2.25. The average molecular weight is 247 g/mol. The van der Waals surface area contributed by atoms with Crippen LogP contribution in [0.2, 0.25) is 0 Å². The van der Waals surface area contributed by atoms with Crippen molar-refractivity contribution in [2.45, 2.75) is 38.6 Å². The first-order valence-electron chi connectivity index (χ1n) is 6.62. The molecular weight excluding hydrogens is 226 g/mol. The minimum absolute atomic E-state index is 0.619. The molecule has 98 valence electrons. The van der Waals surface area contributed by atoms with Gasteiger partial charge >= 0.3 is 5.97 Å². The molecule has 0 unspecified atom stereocenters. The van der Waals surface area contributed by atoms with Crippen LogP contribution in [-0.4, -0.2) is 17.6 Å². The summed E-state index contributed by atoms with van der Waals surface area (Å²) in [7, 11) is 0. The molecule has 0 amide bonds. The molecule has 0 aromatic heterocycles. The highest BCUT2D eigenvalue weighted by Gasteiger charge is 2.42. The Labute approximate surface area is 108 Å². The summed E-state index contributed by atoms with van der Waals surface area (Å²) >= 11 is 0. The SMILES string of the molecule is CC(C)Cc1ccc([C@]2(C(=O)O)CCCN2)cc1. The Morgan fingerprint density at radius 2 is 2.06 bits per heavy atom. The normalized spacial score (nSPS) is 23.5. The second-order valence-corrected chi connectivity index (χ2v) is 5.54. The zero-order valence-corrected chi connectivity index (χ0v) is 11.1. The van der Waals surface area contributed by atoms with Crippen LogP contribution in [0.1, 0.15) is 37.8 Å². The predicted molar refractivity (Wildman–Crippen MR) is 71.5 cm³/mol. The molecule has 0 aliphatic carbocycles. The van der Waals surface area contributed by atoms with Crippen LogP contribution in [0.5, 0.6) is 0 Å². The van der Waals surface area contributed by atoms with Gasteiger partial charge in [0.1, 0.15) is 5.54 Å². The van der Waals surface area contributed by atoms with E-state index in [0.717, 1.165) is 24.9 Å². The summed E-state index contributed by atoms with van der Waals surface area (Å²) in [5.41, 5.74) is 1.28. The van der Waals surface area contributed by atoms with Crippen molar-refractivity contribution in [3.8, 4) is 0 Å². The molecular formula is C15H21NO2. The lowest BCUT2D eigenvalue weighted by molar-refractivity contribution is -0.144. The van der Waals surface area contributed by atoms with Crippen molar-refractivity contribution in [3.05, 3.63) is 35.4 Å². The molecule has 0 spiro atoms.